The summed E-state index contributed by atoms with van der Waals surface area (Å²) in [5.41, 5.74) is 1.71. The topological polar surface area (TPSA) is 75.3 Å². The maximum Gasteiger partial charge on any atom is 0.261 e. The molecular weight excluding hydrogens is 288 g/mol. The van der Waals surface area contributed by atoms with Crippen LogP contribution in [0.25, 0.3) is 0 Å². The fraction of sp³-hybridized carbons (Fsp3) is 0.133. The summed E-state index contributed by atoms with van der Waals surface area (Å²) in [7, 11) is -1.93. The Morgan fingerprint density at radius 1 is 1.00 bits per heavy atom. The molecule has 110 valence electrons. The molecule has 0 aliphatic rings. The van der Waals surface area contributed by atoms with Gasteiger partial charge in [-0.1, -0.05) is 12.1 Å². The number of carbonyl (C=O) groups is 1. The molecule has 0 unspecified atom stereocenters. The zero-order chi connectivity index (χ0) is 15.5. The lowest BCUT2D eigenvalue weighted by Crippen LogP contribution is -2.13. The first kappa shape index (κ1) is 15.1. The van der Waals surface area contributed by atoms with E-state index >= 15 is 0 Å². The third-order valence-corrected chi connectivity index (χ3v) is 4.36. The Morgan fingerprint density at radius 3 is 2.19 bits per heavy atom. The number of anilines is 2. The number of carbonyl (C=O) groups excluding carboxylic acids is 1. The van der Waals surface area contributed by atoms with E-state index in [0.717, 1.165) is 5.69 Å². The predicted molar refractivity (Wildman–Crippen MR) is 83.2 cm³/mol. The summed E-state index contributed by atoms with van der Waals surface area (Å²) < 4.78 is 27.1. The zero-order valence-corrected chi connectivity index (χ0v) is 12.6. The van der Waals surface area contributed by atoms with Crippen molar-refractivity contribution in [1.82, 2.24) is 0 Å². The fourth-order valence-corrected chi connectivity index (χ4v) is 2.91. The minimum absolute atomic E-state index is 0.0629. The number of rotatable bonds is 5. The molecule has 0 amide bonds. The first-order chi connectivity index (χ1) is 9.92. The number of hydrogen-bond acceptors (Lipinski definition) is 4. The van der Waals surface area contributed by atoms with Crippen molar-refractivity contribution in [2.45, 2.75) is 11.8 Å². The number of nitrogens with one attached hydrogen (secondary N) is 2. The SMILES string of the molecule is CNc1ccc(NS(=O)(=O)c2cccc(C(C)=O)c2)cc1. The van der Waals surface area contributed by atoms with Gasteiger partial charge in [-0.15, -0.1) is 0 Å². The van der Waals surface area contributed by atoms with E-state index in [1.165, 1.54) is 19.1 Å². The van der Waals surface area contributed by atoms with Crippen molar-refractivity contribution in [1.29, 1.82) is 0 Å². The molecule has 0 aliphatic heterocycles. The predicted octanol–water partition coefficient (Wildman–Crippen LogP) is 2.73. The van der Waals surface area contributed by atoms with E-state index in [1.54, 1.807) is 43.4 Å². The number of ketones is 1. The van der Waals surface area contributed by atoms with E-state index in [9.17, 15) is 13.2 Å². The standard InChI is InChI=1S/C15H16N2O3S/c1-11(18)12-4-3-5-15(10-12)21(19,20)17-14-8-6-13(16-2)7-9-14/h3-10,16-17H,1-2H3. The highest BCUT2D eigenvalue weighted by Gasteiger charge is 2.15. The van der Waals surface area contributed by atoms with Gasteiger partial charge in [-0.2, -0.15) is 0 Å². The number of Topliss-reactive ketones (excluding diaryl/α,β-unsaturated/α-hetero) is 1. The van der Waals surface area contributed by atoms with E-state index in [1.807, 2.05) is 0 Å². The van der Waals surface area contributed by atoms with Crippen LogP contribution < -0.4 is 10.0 Å². The number of benzene rings is 2. The summed E-state index contributed by atoms with van der Waals surface area (Å²) in [5.74, 6) is -0.176. The lowest BCUT2D eigenvalue weighted by molar-refractivity contribution is 0.101. The maximum absolute atomic E-state index is 12.3. The summed E-state index contributed by atoms with van der Waals surface area (Å²) in [5, 5.41) is 2.95. The van der Waals surface area contributed by atoms with Gasteiger partial charge in [-0.05, 0) is 43.3 Å². The van der Waals surface area contributed by atoms with Gasteiger partial charge in [0.2, 0.25) is 0 Å². The van der Waals surface area contributed by atoms with Gasteiger partial charge < -0.3 is 5.32 Å². The van der Waals surface area contributed by atoms with E-state index in [0.29, 0.717) is 11.3 Å². The molecule has 0 aliphatic carbocycles. The zero-order valence-electron chi connectivity index (χ0n) is 11.8. The largest absolute Gasteiger partial charge is 0.388 e. The van der Waals surface area contributed by atoms with Gasteiger partial charge in [0.25, 0.3) is 10.0 Å². The maximum atomic E-state index is 12.3. The van der Waals surface area contributed by atoms with Crippen molar-refractivity contribution in [2.24, 2.45) is 0 Å². The van der Waals surface area contributed by atoms with Crippen molar-refractivity contribution in [3.05, 3.63) is 54.1 Å². The van der Waals surface area contributed by atoms with E-state index in [2.05, 4.69) is 10.0 Å². The Morgan fingerprint density at radius 2 is 1.62 bits per heavy atom. The van der Waals surface area contributed by atoms with Gasteiger partial charge in [0.05, 0.1) is 4.90 Å². The minimum atomic E-state index is -3.71. The van der Waals surface area contributed by atoms with Crippen LogP contribution in [0.3, 0.4) is 0 Å². The molecule has 2 N–H and O–H groups in total. The van der Waals surface area contributed by atoms with Gasteiger partial charge >= 0.3 is 0 Å². The average Bonchev–Trinajstić information content (AvgIpc) is 2.48. The van der Waals surface area contributed by atoms with Crippen LogP contribution in [-0.4, -0.2) is 21.2 Å². The quantitative estimate of drug-likeness (QED) is 0.833. The van der Waals surface area contributed by atoms with Gasteiger partial charge in [-0.3, -0.25) is 9.52 Å². The smallest absolute Gasteiger partial charge is 0.261 e. The normalized spacial score (nSPS) is 11.0. The van der Waals surface area contributed by atoms with Crippen molar-refractivity contribution in [3.8, 4) is 0 Å². The van der Waals surface area contributed by atoms with Crippen molar-refractivity contribution in [3.63, 3.8) is 0 Å². The highest BCUT2D eigenvalue weighted by molar-refractivity contribution is 7.92. The lowest BCUT2D eigenvalue weighted by Gasteiger charge is -2.09. The minimum Gasteiger partial charge on any atom is -0.388 e. The van der Waals surface area contributed by atoms with Crippen LogP contribution in [0.4, 0.5) is 11.4 Å². The van der Waals surface area contributed by atoms with Gasteiger partial charge in [0.15, 0.2) is 5.78 Å². The molecule has 0 heterocycles. The third-order valence-electron chi connectivity index (χ3n) is 2.98. The van der Waals surface area contributed by atoms with Crippen LogP contribution in [0.1, 0.15) is 17.3 Å². The highest BCUT2D eigenvalue weighted by atomic mass is 32.2. The molecule has 2 aromatic carbocycles. The molecule has 21 heavy (non-hydrogen) atoms. The van der Waals surface area contributed by atoms with Crippen LogP contribution in [-0.2, 0) is 10.0 Å². The molecular formula is C15H16N2O3S. The van der Waals surface area contributed by atoms with Crippen LogP contribution in [0.15, 0.2) is 53.4 Å². The Hall–Kier alpha value is -2.34. The Balaban J connectivity index is 2.29. The Bertz CT molecular complexity index is 753. The molecule has 0 atom stereocenters. The van der Waals surface area contributed by atoms with E-state index in [4.69, 9.17) is 0 Å². The molecule has 0 saturated carbocycles. The molecule has 2 rings (SSSR count). The van der Waals surface area contributed by atoms with Crippen LogP contribution >= 0.6 is 0 Å². The van der Waals surface area contributed by atoms with Gasteiger partial charge in [0.1, 0.15) is 0 Å². The molecule has 0 aromatic heterocycles. The van der Waals surface area contributed by atoms with Crippen LogP contribution in [0, 0.1) is 0 Å². The fourth-order valence-electron chi connectivity index (χ4n) is 1.80. The second kappa shape index (κ2) is 5.97. The number of hydrogen-bond donors (Lipinski definition) is 2. The van der Waals surface area contributed by atoms with Gasteiger partial charge in [-0.25, -0.2) is 8.42 Å². The summed E-state index contributed by atoms with van der Waals surface area (Å²) in [6.45, 7) is 1.40. The molecule has 0 bridgehead atoms. The molecule has 0 radical (unpaired) electrons. The van der Waals surface area contributed by atoms with Crippen molar-refractivity contribution in [2.75, 3.05) is 17.1 Å². The van der Waals surface area contributed by atoms with Crippen LogP contribution in [0.2, 0.25) is 0 Å². The molecule has 0 saturated heterocycles. The first-order valence-electron chi connectivity index (χ1n) is 6.34. The lowest BCUT2D eigenvalue weighted by atomic mass is 10.2. The Kier molecular flexibility index (Phi) is 4.28. The number of sulfonamides is 1. The van der Waals surface area contributed by atoms with Crippen molar-refractivity contribution >= 4 is 27.2 Å². The molecule has 0 fully saturated rings. The van der Waals surface area contributed by atoms with Gasteiger partial charge in [0, 0.05) is 24.0 Å². The highest BCUT2D eigenvalue weighted by Crippen LogP contribution is 2.19. The molecule has 0 spiro atoms. The second-order valence-corrected chi connectivity index (χ2v) is 6.20. The molecule has 2 aromatic rings. The molecule has 6 heteroatoms. The summed E-state index contributed by atoms with van der Waals surface area (Å²) in [6.07, 6.45) is 0. The Labute approximate surface area is 124 Å². The molecule has 5 nitrogen and oxygen atoms in total. The summed E-state index contributed by atoms with van der Waals surface area (Å²) in [6, 6.07) is 12.8. The summed E-state index contributed by atoms with van der Waals surface area (Å²) >= 11 is 0. The van der Waals surface area contributed by atoms with E-state index < -0.39 is 10.0 Å². The first-order valence-corrected chi connectivity index (χ1v) is 7.82. The van der Waals surface area contributed by atoms with Crippen molar-refractivity contribution < 1.29 is 13.2 Å². The summed E-state index contributed by atoms with van der Waals surface area (Å²) in [4.78, 5) is 11.4. The third kappa shape index (κ3) is 3.61. The van der Waals surface area contributed by atoms with E-state index in [-0.39, 0.29) is 10.7 Å². The monoisotopic (exact) mass is 304 g/mol. The van der Waals surface area contributed by atoms with Crippen LogP contribution in [0.5, 0.6) is 0 Å². The second-order valence-electron chi connectivity index (χ2n) is 4.52. The average molecular weight is 304 g/mol.